The van der Waals surface area contributed by atoms with Crippen LogP contribution in [0.5, 0.6) is 5.75 Å². The molecule has 0 saturated heterocycles. The number of aryl methyl sites for hydroxylation is 1. The van der Waals surface area contributed by atoms with E-state index in [0.717, 1.165) is 11.1 Å². The summed E-state index contributed by atoms with van der Waals surface area (Å²) in [7, 11) is 0. The number of nitrogens with zero attached hydrogens (tertiary/aromatic N) is 3. The number of hydrogen-bond donors (Lipinski definition) is 2. The lowest BCUT2D eigenvalue weighted by Gasteiger charge is -2.09. The number of halogens is 2. The Kier molecular flexibility index (Phi) is 6.05. The van der Waals surface area contributed by atoms with E-state index in [1.807, 2.05) is 12.1 Å². The molecule has 0 aliphatic rings. The average molecular weight is 404 g/mol. The van der Waals surface area contributed by atoms with Crippen LogP contribution in [0.4, 0.5) is 5.95 Å². The Bertz CT molecular complexity index is 999. The minimum Gasteiger partial charge on any atom is -0.489 e. The van der Waals surface area contributed by atoms with Crippen molar-refractivity contribution in [1.82, 2.24) is 15.2 Å². The Morgan fingerprint density at radius 3 is 2.52 bits per heavy atom. The van der Waals surface area contributed by atoms with Crippen molar-refractivity contribution in [2.24, 2.45) is 5.10 Å². The molecule has 0 atom stereocenters. The molecule has 9 heteroatoms. The predicted molar refractivity (Wildman–Crippen MR) is 106 cm³/mol. The third kappa shape index (κ3) is 5.06. The zero-order valence-corrected chi connectivity index (χ0v) is 15.8. The molecule has 0 amide bonds. The van der Waals surface area contributed by atoms with Crippen LogP contribution in [0.15, 0.2) is 52.4 Å². The molecule has 3 aromatic rings. The van der Waals surface area contributed by atoms with Gasteiger partial charge in [0, 0.05) is 15.6 Å². The van der Waals surface area contributed by atoms with Gasteiger partial charge in [0.05, 0.1) is 6.21 Å². The van der Waals surface area contributed by atoms with Gasteiger partial charge >= 0.3 is 0 Å². The lowest BCUT2D eigenvalue weighted by atomic mass is 10.2. The van der Waals surface area contributed by atoms with E-state index in [1.165, 1.54) is 0 Å². The molecule has 0 saturated carbocycles. The summed E-state index contributed by atoms with van der Waals surface area (Å²) in [6.07, 6.45) is 1.58. The standard InChI is InChI=1S/C18H15Cl2N5O2/c1-11-17(26)22-18(25-23-11)24-21-9-12-5-7-13(8-6-12)27-10-14-15(19)3-2-4-16(14)20/h2-9H,10H2,1H3,(H2,22,24,25,26)/b21-9+. The molecule has 1 aromatic heterocycles. The van der Waals surface area contributed by atoms with Crippen molar-refractivity contribution < 1.29 is 4.74 Å². The molecular weight excluding hydrogens is 389 g/mol. The van der Waals surface area contributed by atoms with Crippen molar-refractivity contribution in [2.75, 3.05) is 5.43 Å². The number of anilines is 1. The maximum atomic E-state index is 11.4. The Morgan fingerprint density at radius 2 is 1.85 bits per heavy atom. The van der Waals surface area contributed by atoms with Gasteiger partial charge in [0.2, 0.25) is 5.95 Å². The maximum absolute atomic E-state index is 11.4. The Morgan fingerprint density at radius 1 is 1.15 bits per heavy atom. The summed E-state index contributed by atoms with van der Waals surface area (Å²) < 4.78 is 5.72. The molecule has 1 heterocycles. The fourth-order valence-electron chi connectivity index (χ4n) is 2.09. The summed E-state index contributed by atoms with van der Waals surface area (Å²) in [4.78, 5) is 14.0. The van der Waals surface area contributed by atoms with E-state index in [9.17, 15) is 4.79 Å². The molecule has 27 heavy (non-hydrogen) atoms. The third-order valence-corrected chi connectivity index (χ3v) is 4.28. The van der Waals surface area contributed by atoms with Crippen LogP contribution in [0, 0.1) is 6.92 Å². The minimum absolute atomic E-state index is 0.165. The molecule has 0 fully saturated rings. The van der Waals surface area contributed by atoms with E-state index in [0.29, 0.717) is 15.8 Å². The average Bonchev–Trinajstić information content (AvgIpc) is 2.65. The normalized spacial score (nSPS) is 10.9. The fraction of sp³-hybridized carbons (Fsp3) is 0.111. The first-order chi connectivity index (χ1) is 13.0. The van der Waals surface area contributed by atoms with Gasteiger partial charge in [-0.3, -0.25) is 9.78 Å². The number of hydrogen-bond acceptors (Lipinski definition) is 6. The Labute approximate surface area is 165 Å². The zero-order valence-electron chi connectivity index (χ0n) is 14.2. The molecule has 0 aliphatic heterocycles. The van der Waals surface area contributed by atoms with Gasteiger partial charge in [0.15, 0.2) is 0 Å². The topological polar surface area (TPSA) is 92.3 Å². The van der Waals surface area contributed by atoms with Crippen LogP contribution < -0.4 is 15.7 Å². The van der Waals surface area contributed by atoms with Crippen LogP contribution in [0.25, 0.3) is 0 Å². The summed E-state index contributed by atoms with van der Waals surface area (Å²) in [5.41, 5.74) is 4.15. The number of benzene rings is 2. The largest absolute Gasteiger partial charge is 0.489 e. The first kappa shape index (κ1) is 18.9. The Hall–Kier alpha value is -2.90. The van der Waals surface area contributed by atoms with Crippen molar-refractivity contribution in [3.8, 4) is 5.75 Å². The van der Waals surface area contributed by atoms with Gasteiger partial charge in [-0.25, -0.2) is 5.43 Å². The molecule has 7 nitrogen and oxygen atoms in total. The number of rotatable bonds is 6. The smallest absolute Gasteiger partial charge is 0.274 e. The van der Waals surface area contributed by atoms with Crippen molar-refractivity contribution in [3.05, 3.63) is 79.7 Å². The molecule has 0 aliphatic carbocycles. The molecule has 138 valence electrons. The number of H-pyrrole nitrogens is 1. The van der Waals surface area contributed by atoms with Crippen LogP contribution in [-0.2, 0) is 6.61 Å². The molecule has 0 bridgehead atoms. The molecule has 0 spiro atoms. The molecule has 0 unspecified atom stereocenters. The summed E-state index contributed by atoms with van der Waals surface area (Å²) in [6, 6.07) is 12.6. The van der Waals surface area contributed by atoms with Gasteiger partial charge in [-0.05, 0) is 48.9 Å². The van der Waals surface area contributed by atoms with Gasteiger partial charge in [-0.2, -0.15) is 5.10 Å². The van der Waals surface area contributed by atoms with Crippen molar-refractivity contribution in [1.29, 1.82) is 0 Å². The van der Waals surface area contributed by atoms with Crippen LogP contribution >= 0.6 is 23.2 Å². The summed E-state index contributed by atoms with van der Waals surface area (Å²) in [5.74, 6) is 0.836. The van der Waals surface area contributed by atoms with Gasteiger partial charge < -0.3 is 4.74 Å². The van der Waals surface area contributed by atoms with E-state index in [-0.39, 0.29) is 23.8 Å². The Balaban J connectivity index is 1.58. The number of aromatic nitrogens is 3. The second kappa shape index (κ2) is 8.66. The summed E-state index contributed by atoms with van der Waals surface area (Å²) in [5, 5.41) is 12.6. The number of ether oxygens (including phenoxy) is 1. The fourth-order valence-corrected chi connectivity index (χ4v) is 2.59. The minimum atomic E-state index is -0.317. The van der Waals surface area contributed by atoms with Crippen molar-refractivity contribution >= 4 is 35.4 Å². The highest BCUT2D eigenvalue weighted by atomic mass is 35.5. The SMILES string of the molecule is Cc1nnc(N/N=C/c2ccc(OCc3c(Cl)cccc3Cl)cc2)[nH]c1=O. The first-order valence-corrected chi connectivity index (χ1v) is 8.67. The van der Waals surface area contributed by atoms with Gasteiger partial charge in [0.25, 0.3) is 5.56 Å². The zero-order chi connectivity index (χ0) is 19.2. The van der Waals surface area contributed by atoms with E-state index in [1.54, 1.807) is 43.5 Å². The van der Waals surface area contributed by atoms with Crippen molar-refractivity contribution in [3.63, 3.8) is 0 Å². The second-order valence-electron chi connectivity index (χ2n) is 5.52. The lowest BCUT2D eigenvalue weighted by molar-refractivity contribution is 0.306. The van der Waals surface area contributed by atoms with Crippen LogP contribution in [0.3, 0.4) is 0 Å². The van der Waals surface area contributed by atoms with E-state index in [2.05, 4.69) is 25.7 Å². The molecule has 3 rings (SSSR count). The van der Waals surface area contributed by atoms with Crippen LogP contribution in [0.2, 0.25) is 10.0 Å². The second-order valence-corrected chi connectivity index (χ2v) is 6.33. The first-order valence-electron chi connectivity index (χ1n) is 7.91. The van der Waals surface area contributed by atoms with E-state index < -0.39 is 0 Å². The monoisotopic (exact) mass is 403 g/mol. The third-order valence-electron chi connectivity index (χ3n) is 3.57. The summed E-state index contributed by atoms with van der Waals surface area (Å²) >= 11 is 12.3. The van der Waals surface area contributed by atoms with Gasteiger partial charge in [-0.1, -0.05) is 29.3 Å². The predicted octanol–water partition coefficient (Wildman–Crippen LogP) is 3.81. The van der Waals surface area contributed by atoms with Crippen LogP contribution in [-0.4, -0.2) is 21.4 Å². The number of hydrazone groups is 1. The number of nitrogens with one attached hydrogen (secondary N) is 2. The maximum Gasteiger partial charge on any atom is 0.274 e. The van der Waals surface area contributed by atoms with E-state index in [4.69, 9.17) is 27.9 Å². The number of aromatic amines is 1. The van der Waals surface area contributed by atoms with Gasteiger partial charge in [-0.15, -0.1) is 10.2 Å². The summed E-state index contributed by atoms with van der Waals surface area (Å²) in [6.45, 7) is 1.84. The molecular formula is C18H15Cl2N5O2. The molecule has 2 aromatic carbocycles. The van der Waals surface area contributed by atoms with Crippen molar-refractivity contribution in [2.45, 2.75) is 13.5 Å². The molecule has 2 N–H and O–H groups in total. The highest BCUT2D eigenvalue weighted by Gasteiger charge is 2.06. The van der Waals surface area contributed by atoms with E-state index >= 15 is 0 Å². The highest BCUT2D eigenvalue weighted by Crippen LogP contribution is 2.25. The lowest BCUT2D eigenvalue weighted by Crippen LogP contribution is -2.15. The quantitative estimate of drug-likeness (QED) is 0.482. The van der Waals surface area contributed by atoms with Crippen LogP contribution in [0.1, 0.15) is 16.8 Å². The van der Waals surface area contributed by atoms with Gasteiger partial charge in [0.1, 0.15) is 18.1 Å². The highest BCUT2D eigenvalue weighted by molar-refractivity contribution is 6.35. The molecule has 0 radical (unpaired) electrons.